The van der Waals surface area contributed by atoms with Crippen LogP contribution in [-0.4, -0.2) is 22.4 Å². The fourth-order valence-electron chi connectivity index (χ4n) is 2.36. The number of urea groups is 1. The molecule has 1 aromatic carbocycles. The molecular formula is C18H20N4OS. The molecule has 3 rings (SSSR count). The Morgan fingerprint density at radius 2 is 2.00 bits per heavy atom. The molecule has 0 saturated carbocycles. The van der Waals surface area contributed by atoms with Gasteiger partial charge in [-0.05, 0) is 24.1 Å². The van der Waals surface area contributed by atoms with Crippen molar-refractivity contribution in [2.45, 2.75) is 13.0 Å². The third kappa shape index (κ3) is 4.45. The Morgan fingerprint density at radius 1 is 1.17 bits per heavy atom. The van der Waals surface area contributed by atoms with Crippen molar-refractivity contribution in [2.75, 3.05) is 6.54 Å². The molecule has 0 saturated heterocycles. The van der Waals surface area contributed by atoms with Gasteiger partial charge in [0.25, 0.3) is 0 Å². The monoisotopic (exact) mass is 340 g/mol. The van der Waals surface area contributed by atoms with Crippen LogP contribution in [0.1, 0.15) is 10.4 Å². The summed E-state index contributed by atoms with van der Waals surface area (Å²) in [5, 5.41) is 9.95. The number of aryl methyl sites for hydroxylation is 1. The number of hydrogen-bond acceptors (Lipinski definition) is 3. The largest absolute Gasteiger partial charge is 0.338 e. The first-order valence-electron chi connectivity index (χ1n) is 7.84. The Morgan fingerprint density at radius 3 is 2.75 bits per heavy atom. The predicted molar refractivity (Wildman–Crippen MR) is 96.9 cm³/mol. The molecule has 2 aromatic heterocycles. The summed E-state index contributed by atoms with van der Waals surface area (Å²) in [6.07, 6.45) is 4.69. The van der Waals surface area contributed by atoms with Gasteiger partial charge in [0, 0.05) is 41.7 Å². The first kappa shape index (κ1) is 16.3. The van der Waals surface area contributed by atoms with E-state index in [1.807, 2.05) is 49.8 Å². The number of carbonyl (C=O) groups is 1. The van der Waals surface area contributed by atoms with E-state index < -0.39 is 0 Å². The number of nitrogens with zero attached hydrogens (tertiary/aromatic N) is 2. The highest BCUT2D eigenvalue weighted by atomic mass is 32.1. The predicted octanol–water partition coefficient (Wildman–Crippen LogP) is 3.19. The zero-order valence-electron chi connectivity index (χ0n) is 13.5. The summed E-state index contributed by atoms with van der Waals surface area (Å²) in [7, 11) is 1.91. The van der Waals surface area contributed by atoms with Gasteiger partial charge >= 0.3 is 6.03 Å². The molecule has 124 valence electrons. The van der Waals surface area contributed by atoms with E-state index in [2.05, 4.69) is 27.9 Å². The maximum absolute atomic E-state index is 11.8. The maximum atomic E-state index is 11.8. The summed E-state index contributed by atoms with van der Waals surface area (Å²) >= 11 is 1.74. The van der Waals surface area contributed by atoms with Crippen LogP contribution in [0.4, 0.5) is 4.79 Å². The molecule has 3 aromatic rings. The zero-order chi connectivity index (χ0) is 16.8. The van der Waals surface area contributed by atoms with Crippen molar-refractivity contribution >= 4 is 17.4 Å². The fraction of sp³-hybridized carbons (Fsp3) is 0.222. The summed E-state index contributed by atoms with van der Waals surface area (Å²) < 4.78 is 1.80. The molecule has 2 amide bonds. The number of hydrogen-bond donors (Lipinski definition) is 2. The Labute approximate surface area is 145 Å². The first-order valence-corrected chi connectivity index (χ1v) is 8.66. The van der Waals surface area contributed by atoms with E-state index >= 15 is 0 Å². The van der Waals surface area contributed by atoms with E-state index in [1.165, 1.54) is 9.75 Å². The molecule has 0 fully saturated rings. The molecule has 0 atom stereocenters. The smallest absolute Gasteiger partial charge is 0.315 e. The molecule has 0 aliphatic rings. The van der Waals surface area contributed by atoms with Gasteiger partial charge in [-0.3, -0.25) is 4.68 Å². The normalized spacial score (nSPS) is 10.5. The van der Waals surface area contributed by atoms with Crippen LogP contribution in [0.5, 0.6) is 0 Å². The van der Waals surface area contributed by atoms with E-state index in [4.69, 9.17) is 0 Å². The standard InChI is InChI=1S/C18H20N4OS/c1-22-13-15(12-21-22)17-8-7-16(24-17)9-10-19-18(23)20-11-14-5-3-2-4-6-14/h2-8,12-13H,9-11H2,1H3,(H2,19,20,23). The van der Waals surface area contributed by atoms with Crippen LogP contribution in [0.2, 0.25) is 0 Å². The number of nitrogens with one attached hydrogen (secondary N) is 2. The van der Waals surface area contributed by atoms with Gasteiger partial charge < -0.3 is 10.6 Å². The van der Waals surface area contributed by atoms with E-state index in [0.29, 0.717) is 13.1 Å². The van der Waals surface area contributed by atoms with Gasteiger partial charge in [-0.2, -0.15) is 5.10 Å². The van der Waals surface area contributed by atoms with Crippen LogP contribution in [0, 0.1) is 0 Å². The molecule has 0 aliphatic heterocycles. The van der Waals surface area contributed by atoms with Gasteiger partial charge in [-0.15, -0.1) is 11.3 Å². The van der Waals surface area contributed by atoms with Gasteiger partial charge in [0.1, 0.15) is 0 Å². The molecular weight excluding hydrogens is 320 g/mol. The molecule has 6 heteroatoms. The lowest BCUT2D eigenvalue weighted by Gasteiger charge is -2.07. The van der Waals surface area contributed by atoms with Crippen molar-refractivity contribution in [3.8, 4) is 10.4 Å². The zero-order valence-corrected chi connectivity index (χ0v) is 14.3. The van der Waals surface area contributed by atoms with Crippen LogP contribution in [0.3, 0.4) is 0 Å². The number of aromatic nitrogens is 2. The molecule has 2 N–H and O–H groups in total. The van der Waals surface area contributed by atoms with Crippen molar-refractivity contribution < 1.29 is 4.79 Å². The molecule has 0 aliphatic carbocycles. The minimum atomic E-state index is -0.136. The van der Waals surface area contributed by atoms with Gasteiger partial charge in [0.2, 0.25) is 0 Å². The molecule has 2 heterocycles. The van der Waals surface area contributed by atoms with Crippen molar-refractivity contribution in [3.63, 3.8) is 0 Å². The average molecular weight is 340 g/mol. The van der Waals surface area contributed by atoms with E-state index in [0.717, 1.165) is 17.5 Å². The van der Waals surface area contributed by atoms with Crippen LogP contribution in [0.15, 0.2) is 54.9 Å². The summed E-state index contributed by atoms with van der Waals surface area (Å²) in [5.41, 5.74) is 2.22. The number of rotatable bonds is 6. The number of thiophene rings is 1. The lowest BCUT2D eigenvalue weighted by molar-refractivity contribution is 0.240. The number of benzene rings is 1. The highest BCUT2D eigenvalue weighted by molar-refractivity contribution is 7.15. The first-order chi connectivity index (χ1) is 11.7. The topological polar surface area (TPSA) is 59.0 Å². The van der Waals surface area contributed by atoms with Gasteiger partial charge in [-0.1, -0.05) is 30.3 Å². The second-order valence-electron chi connectivity index (χ2n) is 5.51. The average Bonchev–Trinajstić information content (AvgIpc) is 3.23. The molecule has 24 heavy (non-hydrogen) atoms. The highest BCUT2D eigenvalue weighted by Gasteiger charge is 2.06. The van der Waals surface area contributed by atoms with Gasteiger partial charge in [0.15, 0.2) is 0 Å². The van der Waals surface area contributed by atoms with Crippen LogP contribution < -0.4 is 10.6 Å². The molecule has 0 unspecified atom stereocenters. The number of carbonyl (C=O) groups excluding carboxylic acids is 1. The summed E-state index contributed by atoms with van der Waals surface area (Å²) in [6.45, 7) is 1.16. The summed E-state index contributed by atoms with van der Waals surface area (Å²) in [5.74, 6) is 0. The minimum absolute atomic E-state index is 0.136. The fourth-order valence-corrected chi connectivity index (χ4v) is 3.34. The van der Waals surface area contributed by atoms with E-state index in [-0.39, 0.29) is 6.03 Å². The SMILES string of the molecule is Cn1cc(-c2ccc(CCNC(=O)NCc3ccccc3)s2)cn1. The molecule has 0 radical (unpaired) electrons. The van der Waals surface area contributed by atoms with E-state index in [9.17, 15) is 4.79 Å². The molecule has 0 bridgehead atoms. The lowest BCUT2D eigenvalue weighted by atomic mass is 10.2. The Hall–Kier alpha value is -2.60. The lowest BCUT2D eigenvalue weighted by Crippen LogP contribution is -2.36. The van der Waals surface area contributed by atoms with Crippen molar-refractivity contribution in [1.29, 1.82) is 0 Å². The highest BCUT2D eigenvalue weighted by Crippen LogP contribution is 2.27. The van der Waals surface area contributed by atoms with Crippen molar-refractivity contribution in [3.05, 3.63) is 65.3 Å². The summed E-state index contributed by atoms with van der Waals surface area (Å²) in [6, 6.07) is 13.9. The van der Waals surface area contributed by atoms with Crippen molar-refractivity contribution in [1.82, 2.24) is 20.4 Å². The Kier molecular flexibility index (Phi) is 5.28. The van der Waals surface area contributed by atoms with Gasteiger partial charge in [-0.25, -0.2) is 4.79 Å². The number of amides is 2. The third-order valence-electron chi connectivity index (χ3n) is 3.60. The van der Waals surface area contributed by atoms with Crippen LogP contribution in [0.25, 0.3) is 10.4 Å². The van der Waals surface area contributed by atoms with Crippen LogP contribution in [-0.2, 0) is 20.0 Å². The Bertz CT molecular complexity index is 794. The quantitative estimate of drug-likeness (QED) is 0.724. The Balaban J connectivity index is 1.41. The van der Waals surface area contributed by atoms with Crippen LogP contribution >= 0.6 is 11.3 Å². The van der Waals surface area contributed by atoms with Crippen molar-refractivity contribution in [2.24, 2.45) is 7.05 Å². The summed E-state index contributed by atoms with van der Waals surface area (Å²) in [4.78, 5) is 14.3. The molecule has 5 nitrogen and oxygen atoms in total. The molecule has 0 spiro atoms. The minimum Gasteiger partial charge on any atom is -0.338 e. The maximum Gasteiger partial charge on any atom is 0.315 e. The second kappa shape index (κ2) is 7.79. The van der Waals surface area contributed by atoms with E-state index in [1.54, 1.807) is 16.0 Å². The third-order valence-corrected chi connectivity index (χ3v) is 4.80. The van der Waals surface area contributed by atoms with Gasteiger partial charge in [0.05, 0.1) is 6.20 Å². The second-order valence-corrected chi connectivity index (χ2v) is 6.68.